The molecular weight excluding hydrogens is 447 g/mol. The zero-order valence-electron chi connectivity index (χ0n) is 14.7. The van der Waals surface area contributed by atoms with E-state index in [2.05, 4.69) is 20.4 Å². The molecule has 1 aromatic carbocycles. The lowest BCUT2D eigenvalue weighted by Gasteiger charge is -2.17. The molecule has 0 atom stereocenters. The van der Waals surface area contributed by atoms with Crippen LogP contribution in [-0.2, 0) is 11.3 Å². The lowest BCUT2D eigenvalue weighted by Crippen LogP contribution is -2.38. The third-order valence-corrected chi connectivity index (χ3v) is 2.98. The fraction of sp³-hybridized carbons (Fsp3) is 0.562. The number of rotatable bonds is 10. The summed E-state index contributed by atoms with van der Waals surface area (Å²) in [6.45, 7) is 3.18. The molecule has 1 rings (SSSR count). The van der Waals surface area contributed by atoms with Crippen LogP contribution in [0.5, 0.6) is 11.5 Å². The van der Waals surface area contributed by atoms with E-state index < -0.39 is 6.61 Å². The number of halogens is 3. The third-order valence-electron chi connectivity index (χ3n) is 2.98. The largest absolute Gasteiger partial charge is 0.490 e. The quantitative estimate of drug-likeness (QED) is 0.237. The molecule has 9 heteroatoms. The highest BCUT2D eigenvalue weighted by molar-refractivity contribution is 14.0. The Kier molecular flexibility index (Phi) is 13.1. The van der Waals surface area contributed by atoms with Crippen molar-refractivity contribution in [3.8, 4) is 11.5 Å². The van der Waals surface area contributed by atoms with E-state index >= 15 is 0 Å². The zero-order chi connectivity index (χ0) is 17.8. The van der Waals surface area contributed by atoms with Crippen LogP contribution in [0.4, 0.5) is 8.78 Å². The van der Waals surface area contributed by atoms with Crippen molar-refractivity contribution in [2.24, 2.45) is 4.99 Å². The van der Waals surface area contributed by atoms with Gasteiger partial charge in [-0.1, -0.05) is 12.1 Å². The molecule has 1 aromatic rings. The van der Waals surface area contributed by atoms with Crippen molar-refractivity contribution in [1.29, 1.82) is 0 Å². The van der Waals surface area contributed by atoms with Crippen molar-refractivity contribution >= 4 is 29.9 Å². The third kappa shape index (κ3) is 9.05. The molecule has 144 valence electrons. The molecule has 0 aliphatic rings. The molecule has 0 radical (unpaired) electrons. The van der Waals surface area contributed by atoms with Gasteiger partial charge >= 0.3 is 6.61 Å². The lowest BCUT2D eigenvalue weighted by atomic mass is 10.2. The molecule has 0 saturated carbocycles. The Balaban J connectivity index is 0.00000576. The molecule has 0 unspecified atom stereocenters. The Bertz CT molecular complexity index is 519. The van der Waals surface area contributed by atoms with Crippen molar-refractivity contribution < 1.29 is 23.0 Å². The van der Waals surface area contributed by atoms with Crippen LogP contribution in [-0.4, -0.2) is 46.0 Å². The molecular formula is C16H26F2IN3O3. The first-order valence-electron chi connectivity index (χ1n) is 7.84. The minimum absolute atomic E-state index is 0. The molecule has 25 heavy (non-hydrogen) atoms. The fourth-order valence-electron chi connectivity index (χ4n) is 1.98. The van der Waals surface area contributed by atoms with E-state index in [1.54, 1.807) is 32.2 Å². The number of para-hydroxylation sites is 1. The van der Waals surface area contributed by atoms with Gasteiger partial charge in [-0.3, -0.25) is 4.99 Å². The molecule has 6 nitrogen and oxygen atoms in total. The second-order valence-electron chi connectivity index (χ2n) is 4.61. The summed E-state index contributed by atoms with van der Waals surface area (Å²) in [7, 11) is 1.63. The van der Waals surface area contributed by atoms with E-state index in [1.165, 1.54) is 0 Å². The normalized spacial score (nSPS) is 11.0. The van der Waals surface area contributed by atoms with Gasteiger partial charge in [0, 0.05) is 32.3 Å². The molecule has 2 N–H and O–H groups in total. The SMILES string of the molecule is CCOCCNC(=NC)NCc1cccc(OCC)c1OC(F)F.I. The summed E-state index contributed by atoms with van der Waals surface area (Å²) in [6, 6.07) is 5.02. The fourth-order valence-corrected chi connectivity index (χ4v) is 1.98. The first-order chi connectivity index (χ1) is 11.6. The number of hydrogen-bond acceptors (Lipinski definition) is 4. The van der Waals surface area contributed by atoms with Gasteiger partial charge < -0.3 is 24.8 Å². The average Bonchev–Trinajstić information content (AvgIpc) is 2.56. The second kappa shape index (κ2) is 13.9. The lowest BCUT2D eigenvalue weighted by molar-refractivity contribution is -0.0520. The van der Waals surface area contributed by atoms with Gasteiger partial charge in [0.15, 0.2) is 17.5 Å². The summed E-state index contributed by atoms with van der Waals surface area (Å²) < 4.78 is 40.6. The van der Waals surface area contributed by atoms with E-state index in [9.17, 15) is 8.78 Å². The predicted octanol–water partition coefficient (Wildman–Crippen LogP) is 3.01. The van der Waals surface area contributed by atoms with Crippen LogP contribution in [0.3, 0.4) is 0 Å². The van der Waals surface area contributed by atoms with Crippen LogP contribution in [0.1, 0.15) is 19.4 Å². The molecule has 0 aliphatic heterocycles. The topological polar surface area (TPSA) is 64.1 Å². The van der Waals surface area contributed by atoms with Gasteiger partial charge in [0.1, 0.15) is 0 Å². The number of nitrogens with zero attached hydrogens (tertiary/aromatic N) is 1. The second-order valence-corrected chi connectivity index (χ2v) is 4.61. The Morgan fingerprint density at radius 2 is 1.96 bits per heavy atom. The molecule has 0 fully saturated rings. The molecule has 0 amide bonds. The van der Waals surface area contributed by atoms with Crippen molar-refractivity contribution in [1.82, 2.24) is 10.6 Å². The minimum atomic E-state index is -2.92. The summed E-state index contributed by atoms with van der Waals surface area (Å²) >= 11 is 0. The van der Waals surface area contributed by atoms with Gasteiger partial charge in [0.2, 0.25) is 0 Å². The first-order valence-corrected chi connectivity index (χ1v) is 7.84. The van der Waals surface area contributed by atoms with Crippen LogP contribution >= 0.6 is 24.0 Å². The predicted molar refractivity (Wildman–Crippen MR) is 104 cm³/mol. The van der Waals surface area contributed by atoms with E-state index in [0.29, 0.717) is 37.9 Å². The average molecular weight is 473 g/mol. The van der Waals surface area contributed by atoms with Crippen molar-refractivity contribution in [2.45, 2.75) is 27.0 Å². The smallest absolute Gasteiger partial charge is 0.387 e. The molecule has 0 spiro atoms. The summed E-state index contributed by atoms with van der Waals surface area (Å²) in [6.07, 6.45) is 0. The van der Waals surface area contributed by atoms with E-state index in [0.717, 1.165) is 0 Å². The van der Waals surface area contributed by atoms with E-state index in [-0.39, 0.29) is 42.0 Å². The highest BCUT2D eigenvalue weighted by Gasteiger charge is 2.15. The van der Waals surface area contributed by atoms with Gasteiger partial charge in [-0.15, -0.1) is 24.0 Å². The number of hydrogen-bond donors (Lipinski definition) is 2. The van der Waals surface area contributed by atoms with Crippen LogP contribution in [0, 0.1) is 0 Å². The minimum Gasteiger partial charge on any atom is -0.490 e. The Morgan fingerprint density at radius 3 is 2.56 bits per heavy atom. The maximum Gasteiger partial charge on any atom is 0.387 e. The summed E-state index contributed by atoms with van der Waals surface area (Å²) in [4.78, 5) is 4.07. The molecule has 0 heterocycles. The van der Waals surface area contributed by atoms with E-state index in [4.69, 9.17) is 9.47 Å². The van der Waals surface area contributed by atoms with Crippen molar-refractivity contribution in [3.05, 3.63) is 23.8 Å². The Hall–Kier alpha value is -1.36. The van der Waals surface area contributed by atoms with Crippen molar-refractivity contribution in [2.75, 3.05) is 33.4 Å². The number of ether oxygens (including phenoxy) is 3. The summed E-state index contributed by atoms with van der Waals surface area (Å²) in [5.41, 5.74) is 0.550. The van der Waals surface area contributed by atoms with E-state index in [1.807, 2.05) is 6.92 Å². The standard InChI is InChI=1S/C16H25F2N3O3.HI/c1-4-22-10-9-20-16(19-3)21-11-12-7-6-8-13(23-5-2)14(12)24-15(17)18;/h6-8,15H,4-5,9-11H2,1-3H3,(H2,19,20,21);1H. The van der Waals surface area contributed by atoms with Gasteiger partial charge in [0.05, 0.1) is 13.2 Å². The Labute approximate surface area is 164 Å². The van der Waals surface area contributed by atoms with Gasteiger partial charge in [-0.05, 0) is 19.9 Å². The molecule has 0 aromatic heterocycles. The van der Waals surface area contributed by atoms with Crippen LogP contribution in [0.2, 0.25) is 0 Å². The maximum absolute atomic E-state index is 12.7. The highest BCUT2D eigenvalue weighted by Crippen LogP contribution is 2.32. The zero-order valence-corrected chi connectivity index (χ0v) is 17.0. The molecule has 0 aliphatic carbocycles. The summed E-state index contributed by atoms with van der Waals surface area (Å²) in [5.74, 6) is 0.863. The number of aliphatic imine (C=N–C) groups is 1. The van der Waals surface area contributed by atoms with Gasteiger partial charge in [-0.2, -0.15) is 8.78 Å². The number of alkyl halides is 2. The Morgan fingerprint density at radius 1 is 1.20 bits per heavy atom. The molecule has 0 bridgehead atoms. The summed E-state index contributed by atoms with van der Waals surface area (Å²) in [5, 5.41) is 6.12. The van der Waals surface area contributed by atoms with Gasteiger partial charge in [0.25, 0.3) is 0 Å². The van der Waals surface area contributed by atoms with Crippen LogP contribution < -0.4 is 20.1 Å². The number of benzene rings is 1. The van der Waals surface area contributed by atoms with Crippen molar-refractivity contribution in [3.63, 3.8) is 0 Å². The van der Waals surface area contributed by atoms with Crippen LogP contribution in [0.15, 0.2) is 23.2 Å². The maximum atomic E-state index is 12.7. The molecule has 0 saturated heterocycles. The van der Waals surface area contributed by atoms with Crippen LogP contribution in [0.25, 0.3) is 0 Å². The highest BCUT2D eigenvalue weighted by atomic mass is 127. The number of guanidine groups is 1. The number of nitrogens with one attached hydrogen (secondary N) is 2. The monoisotopic (exact) mass is 473 g/mol. The first kappa shape index (κ1) is 23.6. The van der Waals surface area contributed by atoms with Gasteiger partial charge in [-0.25, -0.2) is 0 Å².